The Morgan fingerprint density at radius 2 is 1.52 bits per heavy atom. The number of carbonyl (C=O) groups is 2. The maximum atomic E-state index is 12.7. The van der Waals surface area contributed by atoms with Gasteiger partial charge in [-0.15, -0.1) is 0 Å². The number of piperidine rings is 1. The zero-order chi connectivity index (χ0) is 18.7. The van der Waals surface area contributed by atoms with Gasteiger partial charge >= 0.3 is 0 Å². The predicted molar refractivity (Wildman–Crippen MR) is 101 cm³/mol. The van der Waals surface area contributed by atoms with Gasteiger partial charge in [-0.05, 0) is 37.1 Å². The molecule has 1 aliphatic carbocycles. The molecule has 0 bridgehead atoms. The monoisotopic (exact) mass is 372 g/mol. The first-order valence-electron chi connectivity index (χ1n) is 10.1. The first-order chi connectivity index (χ1) is 13.2. The third-order valence-electron chi connectivity index (χ3n) is 5.96. The van der Waals surface area contributed by atoms with Crippen molar-refractivity contribution in [1.82, 2.24) is 10.2 Å². The molecule has 3 aliphatic rings. The van der Waals surface area contributed by atoms with Crippen molar-refractivity contribution in [2.45, 2.75) is 56.8 Å². The topological polar surface area (TPSA) is 67.9 Å². The van der Waals surface area contributed by atoms with Gasteiger partial charge in [0.05, 0.1) is 13.2 Å². The summed E-state index contributed by atoms with van der Waals surface area (Å²) in [5, 5.41) is 3.11. The van der Waals surface area contributed by atoms with Crippen molar-refractivity contribution in [2.75, 3.05) is 26.3 Å². The Kier molecular flexibility index (Phi) is 5.45. The standard InChI is InChI=1S/C21H28N2O4/c24-19(22-18-4-2-1-3-5-18)16-6-8-17(9-7-16)20(25)23-12-10-21(11-13-23)26-14-15-27-21/h6-9,18H,1-5,10-15H2,(H,22,24). The van der Waals surface area contributed by atoms with Gasteiger partial charge in [-0.3, -0.25) is 9.59 Å². The van der Waals surface area contributed by atoms with Crippen LogP contribution in [0.3, 0.4) is 0 Å². The highest BCUT2D eigenvalue weighted by atomic mass is 16.7. The SMILES string of the molecule is O=C(NC1CCCCC1)c1ccc(C(=O)N2CCC3(CC2)OCCO3)cc1. The van der Waals surface area contributed by atoms with E-state index < -0.39 is 5.79 Å². The molecule has 6 heteroatoms. The quantitative estimate of drug-likeness (QED) is 0.886. The minimum atomic E-state index is -0.474. The third kappa shape index (κ3) is 4.17. The number of hydrogen-bond donors (Lipinski definition) is 1. The molecule has 0 unspecified atom stereocenters. The summed E-state index contributed by atoms with van der Waals surface area (Å²) in [6.07, 6.45) is 7.18. The molecule has 1 aromatic carbocycles. The van der Waals surface area contributed by atoms with E-state index in [2.05, 4.69) is 5.32 Å². The smallest absolute Gasteiger partial charge is 0.253 e. The van der Waals surface area contributed by atoms with E-state index in [4.69, 9.17) is 9.47 Å². The first-order valence-corrected chi connectivity index (χ1v) is 10.1. The van der Waals surface area contributed by atoms with E-state index in [1.165, 1.54) is 19.3 Å². The Bertz CT molecular complexity index is 666. The van der Waals surface area contributed by atoms with Crippen LogP contribution in [-0.2, 0) is 9.47 Å². The molecule has 6 nitrogen and oxygen atoms in total. The lowest BCUT2D eigenvalue weighted by Crippen LogP contribution is -2.47. The summed E-state index contributed by atoms with van der Waals surface area (Å²) >= 11 is 0. The number of likely N-dealkylation sites (tertiary alicyclic amines) is 1. The van der Waals surface area contributed by atoms with Crippen LogP contribution >= 0.6 is 0 Å². The second kappa shape index (κ2) is 7.98. The van der Waals surface area contributed by atoms with E-state index in [9.17, 15) is 9.59 Å². The summed E-state index contributed by atoms with van der Waals surface area (Å²) < 4.78 is 11.4. The Balaban J connectivity index is 1.33. The van der Waals surface area contributed by atoms with Crippen LogP contribution in [0.2, 0.25) is 0 Å². The van der Waals surface area contributed by atoms with E-state index in [1.54, 1.807) is 24.3 Å². The van der Waals surface area contributed by atoms with E-state index in [1.807, 2.05) is 4.90 Å². The van der Waals surface area contributed by atoms with Crippen molar-refractivity contribution < 1.29 is 19.1 Å². The third-order valence-corrected chi connectivity index (χ3v) is 5.96. The van der Waals surface area contributed by atoms with Gasteiger partial charge in [0.2, 0.25) is 0 Å². The molecule has 1 saturated carbocycles. The predicted octanol–water partition coefficient (Wildman–Crippen LogP) is 2.73. The van der Waals surface area contributed by atoms with Gasteiger partial charge in [0.25, 0.3) is 11.8 Å². The van der Waals surface area contributed by atoms with Crippen LogP contribution in [-0.4, -0.2) is 54.8 Å². The molecule has 2 amide bonds. The van der Waals surface area contributed by atoms with Gasteiger partial charge in [0, 0.05) is 43.1 Å². The van der Waals surface area contributed by atoms with Crippen molar-refractivity contribution in [3.05, 3.63) is 35.4 Å². The summed E-state index contributed by atoms with van der Waals surface area (Å²) in [7, 11) is 0. The van der Waals surface area contributed by atoms with Gasteiger partial charge in [0.15, 0.2) is 5.79 Å². The maximum Gasteiger partial charge on any atom is 0.253 e. The fraction of sp³-hybridized carbons (Fsp3) is 0.619. The Hall–Kier alpha value is -1.92. The number of ether oxygens (including phenoxy) is 2. The lowest BCUT2D eigenvalue weighted by atomic mass is 9.95. The Morgan fingerprint density at radius 3 is 2.15 bits per heavy atom. The first kappa shape index (κ1) is 18.4. The van der Waals surface area contributed by atoms with Crippen molar-refractivity contribution in [3.63, 3.8) is 0 Å². The molecule has 2 aliphatic heterocycles. The fourth-order valence-electron chi connectivity index (χ4n) is 4.30. The van der Waals surface area contributed by atoms with Crippen molar-refractivity contribution >= 4 is 11.8 Å². The Labute approximate surface area is 160 Å². The van der Waals surface area contributed by atoms with Gasteiger partial charge in [-0.2, -0.15) is 0 Å². The van der Waals surface area contributed by atoms with Gasteiger partial charge in [0.1, 0.15) is 0 Å². The number of carbonyl (C=O) groups excluding carboxylic acids is 2. The van der Waals surface area contributed by atoms with Gasteiger partial charge in [-0.1, -0.05) is 19.3 Å². The number of benzene rings is 1. The Morgan fingerprint density at radius 1 is 0.926 bits per heavy atom. The molecule has 27 heavy (non-hydrogen) atoms. The highest BCUT2D eigenvalue weighted by molar-refractivity contribution is 5.98. The minimum Gasteiger partial charge on any atom is -0.349 e. The molecule has 3 fully saturated rings. The second-order valence-corrected chi connectivity index (χ2v) is 7.79. The number of hydrogen-bond acceptors (Lipinski definition) is 4. The zero-order valence-electron chi connectivity index (χ0n) is 15.7. The van der Waals surface area contributed by atoms with Crippen LogP contribution in [0.25, 0.3) is 0 Å². The maximum absolute atomic E-state index is 12.7. The zero-order valence-corrected chi connectivity index (χ0v) is 15.7. The number of nitrogens with one attached hydrogen (secondary N) is 1. The van der Waals surface area contributed by atoms with E-state index in [0.717, 1.165) is 12.8 Å². The molecular formula is C21H28N2O4. The molecule has 1 aromatic rings. The van der Waals surface area contributed by atoms with E-state index in [-0.39, 0.29) is 17.9 Å². The van der Waals surface area contributed by atoms with Crippen LogP contribution in [0.5, 0.6) is 0 Å². The lowest BCUT2D eigenvalue weighted by Gasteiger charge is -2.37. The van der Waals surface area contributed by atoms with Crippen LogP contribution < -0.4 is 5.32 Å². The molecule has 0 radical (unpaired) electrons. The summed E-state index contributed by atoms with van der Waals surface area (Å²) in [4.78, 5) is 27.0. The van der Waals surface area contributed by atoms with Crippen molar-refractivity contribution in [2.24, 2.45) is 0 Å². The average Bonchev–Trinajstić information content (AvgIpc) is 3.17. The summed E-state index contributed by atoms with van der Waals surface area (Å²) in [5.41, 5.74) is 1.23. The van der Waals surface area contributed by atoms with E-state index >= 15 is 0 Å². The van der Waals surface area contributed by atoms with Crippen LogP contribution in [0.4, 0.5) is 0 Å². The summed E-state index contributed by atoms with van der Waals surface area (Å²) in [5.74, 6) is -0.517. The molecule has 0 atom stereocenters. The van der Waals surface area contributed by atoms with Crippen LogP contribution in [0.15, 0.2) is 24.3 Å². The minimum absolute atomic E-state index is 0.00193. The number of rotatable bonds is 3. The molecule has 2 saturated heterocycles. The van der Waals surface area contributed by atoms with E-state index in [0.29, 0.717) is 50.3 Å². The summed E-state index contributed by atoms with van der Waals surface area (Å²) in [6, 6.07) is 7.30. The number of nitrogens with zero attached hydrogens (tertiary/aromatic N) is 1. The fourth-order valence-corrected chi connectivity index (χ4v) is 4.30. The molecule has 146 valence electrons. The second-order valence-electron chi connectivity index (χ2n) is 7.79. The normalized spacial score (nSPS) is 22.7. The summed E-state index contributed by atoms with van der Waals surface area (Å²) in [6.45, 7) is 2.53. The highest BCUT2D eigenvalue weighted by Gasteiger charge is 2.40. The number of amides is 2. The molecule has 4 rings (SSSR count). The molecule has 2 heterocycles. The highest BCUT2D eigenvalue weighted by Crippen LogP contribution is 2.31. The van der Waals surface area contributed by atoms with Gasteiger partial charge in [-0.25, -0.2) is 0 Å². The van der Waals surface area contributed by atoms with Crippen molar-refractivity contribution in [1.29, 1.82) is 0 Å². The van der Waals surface area contributed by atoms with Crippen LogP contribution in [0.1, 0.15) is 65.7 Å². The molecular weight excluding hydrogens is 344 g/mol. The average molecular weight is 372 g/mol. The lowest BCUT2D eigenvalue weighted by molar-refractivity contribution is -0.181. The van der Waals surface area contributed by atoms with Crippen molar-refractivity contribution in [3.8, 4) is 0 Å². The van der Waals surface area contributed by atoms with Gasteiger partial charge < -0.3 is 19.7 Å². The molecule has 1 N–H and O–H groups in total. The largest absolute Gasteiger partial charge is 0.349 e. The molecule has 1 spiro atoms. The molecule has 0 aromatic heterocycles. The van der Waals surface area contributed by atoms with Crippen LogP contribution in [0, 0.1) is 0 Å².